The lowest BCUT2D eigenvalue weighted by molar-refractivity contribution is -0.119. The van der Waals surface area contributed by atoms with Crippen LogP contribution in [0.4, 0.5) is 23.7 Å². The van der Waals surface area contributed by atoms with Crippen LogP contribution in [-0.4, -0.2) is 43.7 Å². The minimum Gasteiger partial charge on any atom is -0.442 e. The van der Waals surface area contributed by atoms with Crippen LogP contribution in [0.2, 0.25) is 0 Å². The van der Waals surface area contributed by atoms with Crippen molar-refractivity contribution in [3.05, 3.63) is 53.3 Å². The molecule has 2 aromatic carbocycles. The maximum Gasteiger partial charge on any atom is 0.415 e. The Hall–Kier alpha value is -3.07. The lowest BCUT2D eigenvalue weighted by Crippen LogP contribution is -2.40. The molecule has 9 heteroatoms. The van der Waals surface area contributed by atoms with E-state index < -0.39 is 24.4 Å². The van der Waals surface area contributed by atoms with Gasteiger partial charge in [-0.15, -0.1) is 0 Å². The Bertz CT molecular complexity index is 1010. The molecule has 32 heavy (non-hydrogen) atoms. The smallest absolute Gasteiger partial charge is 0.415 e. The largest absolute Gasteiger partial charge is 0.442 e. The summed E-state index contributed by atoms with van der Waals surface area (Å²) in [4.78, 5) is 25.0. The Kier molecular flexibility index (Phi) is 6.36. The van der Waals surface area contributed by atoms with Gasteiger partial charge >= 0.3 is 6.09 Å². The fourth-order valence-corrected chi connectivity index (χ4v) is 4.18. The minimum atomic E-state index is -2.33. The summed E-state index contributed by atoms with van der Waals surface area (Å²) in [6, 6.07) is 10.1. The Morgan fingerprint density at radius 2 is 2.00 bits per heavy atom. The number of halogens is 3. The van der Waals surface area contributed by atoms with Crippen LogP contribution in [0, 0.1) is 5.82 Å². The summed E-state index contributed by atoms with van der Waals surface area (Å²) in [6.07, 6.45) is -3.06. The first-order chi connectivity index (χ1) is 15.3. The monoisotopic (exact) mass is 447 g/mol. The van der Waals surface area contributed by atoms with E-state index in [1.807, 2.05) is 12.1 Å². The van der Waals surface area contributed by atoms with Crippen molar-refractivity contribution in [1.29, 1.82) is 0 Å². The van der Waals surface area contributed by atoms with Gasteiger partial charge in [0.25, 0.3) is 0 Å². The highest BCUT2D eigenvalue weighted by Gasteiger charge is 2.47. The van der Waals surface area contributed by atoms with Gasteiger partial charge in [-0.2, -0.15) is 0 Å². The third-order valence-corrected chi connectivity index (χ3v) is 5.75. The van der Waals surface area contributed by atoms with Crippen LogP contribution in [0.15, 0.2) is 36.4 Å². The zero-order chi connectivity index (χ0) is 22.8. The zero-order valence-electron chi connectivity index (χ0n) is 17.5. The molecule has 2 aliphatic rings. The maximum absolute atomic E-state index is 15.0. The van der Waals surface area contributed by atoms with Crippen LogP contribution in [0.3, 0.4) is 0 Å². The summed E-state index contributed by atoms with van der Waals surface area (Å²) >= 11 is 0. The molecule has 4 rings (SSSR count). The molecule has 1 saturated heterocycles. The van der Waals surface area contributed by atoms with Crippen LogP contribution in [0.5, 0.6) is 0 Å². The second-order valence-electron chi connectivity index (χ2n) is 8.01. The molecular formula is C23H24F3N3O3. The van der Waals surface area contributed by atoms with Gasteiger partial charge in [-0.1, -0.05) is 24.3 Å². The average molecular weight is 447 g/mol. The van der Waals surface area contributed by atoms with Crippen LogP contribution in [0.1, 0.15) is 24.5 Å². The van der Waals surface area contributed by atoms with Crippen molar-refractivity contribution >= 4 is 17.7 Å². The Labute approximate surface area is 183 Å². The normalized spacial score (nSPS) is 19.2. The van der Waals surface area contributed by atoms with Gasteiger partial charge < -0.3 is 15.4 Å². The van der Waals surface area contributed by atoms with Crippen molar-refractivity contribution in [2.75, 3.05) is 18.0 Å². The van der Waals surface area contributed by atoms with Crippen molar-refractivity contribution in [1.82, 2.24) is 10.6 Å². The third kappa shape index (κ3) is 4.57. The quantitative estimate of drug-likeness (QED) is 0.607. The predicted octanol–water partition coefficient (Wildman–Crippen LogP) is 3.62. The maximum atomic E-state index is 15.0. The summed E-state index contributed by atoms with van der Waals surface area (Å²) in [5.41, 5.74) is 3.36. The number of amides is 2. The number of benzene rings is 2. The highest BCUT2D eigenvalue weighted by Crippen LogP contribution is 2.41. The summed E-state index contributed by atoms with van der Waals surface area (Å²) in [6.45, 7) is 2.28. The number of carbonyl (C=O) groups excluding carboxylic acids is 2. The van der Waals surface area contributed by atoms with E-state index in [9.17, 15) is 22.8 Å². The number of anilines is 1. The SMILES string of the molecule is CC(=O)NCC1OC(=O)N2c3cc(F)c(-c4ccc(CNCCC(F)F)cc4)cc3C[C@@H]12. The second-order valence-corrected chi connectivity index (χ2v) is 8.01. The molecule has 0 bridgehead atoms. The molecule has 2 aromatic rings. The topological polar surface area (TPSA) is 70.7 Å². The first kappa shape index (κ1) is 22.1. The highest BCUT2D eigenvalue weighted by molar-refractivity contribution is 5.94. The number of alkyl halides is 2. The molecule has 0 aromatic heterocycles. The van der Waals surface area contributed by atoms with E-state index in [-0.39, 0.29) is 31.5 Å². The van der Waals surface area contributed by atoms with Crippen LogP contribution in [0.25, 0.3) is 11.1 Å². The molecule has 0 radical (unpaired) electrons. The Morgan fingerprint density at radius 1 is 1.25 bits per heavy atom. The predicted molar refractivity (Wildman–Crippen MR) is 113 cm³/mol. The van der Waals surface area contributed by atoms with Crippen molar-refractivity contribution in [3.63, 3.8) is 0 Å². The molecule has 0 spiro atoms. The lowest BCUT2D eigenvalue weighted by Gasteiger charge is -2.16. The molecular weight excluding hydrogens is 423 g/mol. The molecule has 2 N–H and O–H groups in total. The number of ether oxygens (including phenoxy) is 1. The molecule has 2 amide bonds. The highest BCUT2D eigenvalue weighted by atomic mass is 19.3. The van der Waals surface area contributed by atoms with Gasteiger partial charge in [-0.3, -0.25) is 9.69 Å². The van der Waals surface area contributed by atoms with E-state index in [0.717, 1.165) is 11.1 Å². The van der Waals surface area contributed by atoms with Crippen molar-refractivity contribution in [3.8, 4) is 11.1 Å². The summed E-state index contributed by atoms with van der Waals surface area (Å²) in [5, 5.41) is 5.62. The standard InChI is InChI=1S/C23H24F3N3O3/c1-13(30)28-12-21-20-9-16-8-17(18(24)10-19(16)29(20)23(31)32-21)15-4-2-14(3-5-15)11-27-7-6-22(25)26/h2-5,8,10,20-22,27H,6-7,9,11-12H2,1H3,(H,28,30)/t20-,21?/m0/s1. The van der Waals surface area contributed by atoms with Crippen molar-refractivity contribution < 1.29 is 27.5 Å². The van der Waals surface area contributed by atoms with Crippen LogP contribution < -0.4 is 15.5 Å². The van der Waals surface area contributed by atoms with E-state index in [2.05, 4.69) is 10.6 Å². The minimum absolute atomic E-state index is 0.199. The molecule has 1 fully saturated rings. The molecule has 2 aliphatic heterocycles. The fraction of sp³-hybridized carbons (Fsp3) is 0.391. The summed E-state index contributed by atoms with van der Waals surface area (Å²) < 4.78 is 44.7. The Morgan fingerprint density at radius 3 is 2.69 bits per heavy atom. The summed E-state index contributed by atoms with van der Waals surface area (Å²) in [5.74, 6) is -0.665. The van der Waals surface area contributed by atoms with Gasteiger partial charge in [-0.25, -0.2) is 18.0 Å². The van der Waals surface area contributed by atoms with Gasteiger partial charge in [0.2, 0.25) is 12.3 Å². The first-order valence-electron chi connectivity index (χ1n) is 10.5. The van der Waals surface area contributed by atoms with E-state index in [0.29, 0.717) is 29.8 Å². The van der Waals surface area contributed by atoms with E-state index in [1.54, 1.807) is 18.2 Å². The molecule has 0 aliphatic carbocycles. The fourth-order valence-electron chi connectivity index (χ4n) is 4.18. The number of hydrogen-bond donors (Lipinski definition) is 2. The van der Waals surface area contributed by atoms with E-state index >= 15 is 0 Å². The number of rotatable bonds is 8. The molecule has 2 heterocycles. The molecule has 1 unspecified atom stereocenters. The first-order valence-corrected chi connectivity index (χ1v) is 10.5. The zero-order valence-corrected chi connectivity index (χ0v) is 17.5. The van der Waals surface area contributed by atoms with Gasteiger partial charge in [0.05, 0.1) is 18.3 Å². The van der Waals surface area contributed by atoms with Gasteiger partial charge in [0.1, 0.15) is 11.9 Å². The third-order valence-electron chi connectivity index (χ3n) is 5.75. The van der Waals surface area contributed by atoms with Crippen molar-refractivity contribution in [2.24, 2.45) is 0 Å². The van der Waals surface area contributed by atoms with Gasteiger partial charge in [0, 0.05) is 32.0 Å². The average Bonchev–Trinajstić information content (AvgIpc) is 3.26. The Balaban J connectivity index is 1.48. The molecule has 170 valence electrons. The van der Waals surface area contributed by atoms with Gasteiger partial charge in [-0.05, 0) is 35.2 Å². The molecule has 2 atom stereocenters. The number of nitrogens with one attached hydrogen (secondary N) is 2. The molecule has 0 saturated carbocycles. The number of carbonyl (C=O) groups is 2. The number of hydrogen-bond acceptors (Lipinski definition) is 4. The van der Waals surface area contributed by atoms with Gasteiger partial charge in [0.15, 0.2) is 0 Å². The van der Waals surface area contributed by atoms with E-state index in [1.165, 1.54) is 17.9 Å². The van der Waals surface area contributed by atoms with Crippen LogP contribution in [-0.2, 0) is 22.5 Å². The van der Waals surface area contributed by atoms with E-state index in [4.69, 9.17) is 4.74 Å². The molecule has 6 nitrogen and oxygen atoms in total. The number of cyclic esters (lactones) is 1. The second kappa shape index (κ2) is 9.20. The number of nitrogens with zero attached hydrogens (tertiary/aromatic N) is 1. The van der Waals surface area contributed by atoms with Crippen molar-refractivity contribution in [2.45, 2.75) is 44.9 Å². The summed E-state index contributed by atoms with van der Waals surface area (Å²) in [7, 11) is 0. The lowest BCUT2D eigenvalue weighted by atomic mass is 9.98. The van der Waals surface area contributed by atoms with Crippen LogP contribution >= 0.6 is 0 Å². The number of fused-ring (bicyclic) bond motifs is 3.